The van der Waals surface area contributed by atoms with Gasteiger partial charge in [0.2, 0.25) is 5.91 Å². The monoisotopic (exact) mass is 237 g/mol. The maximum absolute atomic E-state index is 11.6. The highest BCUT2D eigenvalue weighted by Gasteiger charge is 2.39. The summed E-state index contributed by atoms with van der Waals surface area (Å²) in [6.45, 7) is 3.02. The van der Waals surface area contributed by atoms with Crippen molar-refractivity contribution in [3.63, 3.8) is 0 Å². The fourth-order valence-electron chi connectivity index (χ4n) is 2.09. The lowest BCUT2D eigenvalue weighted by atomic mass is 9.75. The van der Waals surface area contributed by atoms with E-state index in [2.05, 4.69) is 35.5 Å². The first-order valence-electron chi connectivity index (χ1n) is 6.14. The van der Waals surface area contributed by atoms with E-state index in [1.165, 1.54) is 19.3 Å². The standard InChI is InChI=1S/C13H23N3O/c1-5-9-14-12(17)11(2)15-10-13(16(3)4)7-6-8-13/h1,11,15H,6-10H2,2-4H3,(H,14,17). The van der Waals surface area contributed by atoms with Crippen LogP contribution >= 0.6 is 0 Å². The number of carbonyl (C=O) groups is 1. The molecule has 1 fully saturated rings. The summed E-state index contributed by atoms with van der Waals surface area (Å²) in [5.74, 6) is 2.37. The molecule has 0 bridgehead atoms. The predicted octanol–water partition coefficient (Wildman–Crippen LogP) is 0.198. The third kappa shape index (κ3) is 3.45. The van der Waals surface area contributed by atoms with E-state index in [9.17, 15) is 4.79 Å². The Hall–Kier alpha value is -1.05. The number of carbonyl (C=O) groups excluding carboxylic acids is 1. The van der Waals surface area contributed by atoms with Gasteiger partial charge in [0.1, 0.15) is 0 Å². The lowest BCUT2D eigenvalue weighted by Gasteiger charge is -2.48. The van der Waals surface area contributed by atoms with Crippen molar-refractivity contribution in [2.75, 3.05) is 27.2 Å². The first-order chi connectivity index (χ1) is 8.02. The number of likely N-dealkylation sites (N-methyl/N-ethyl adjacent to an activating group) is 1. The number of nitrogens with zero attached hydrogens (tertiary/aromatic N) is 1. The summed E-state index contributed by atoms with van der Waals surface area (Å²) >= 11 is 0. The minimum atomic E-state index is -0.194. The molecule has 0 saturated heterocycles. The summed E-state index contributed by atoms with van der Waals surface area (Å²) in [5.41, 5.74) is 0.237. The van der Waals surface area contributed by atoms with Gasteiger partial charge in [0, 0.05) is 12.1 Å². The van der Waals surface area contributed by atoms with Crippen molar-refractivity contribution in [3.8, 4) is 12.3 Å². The van der Waals surface area contributed by atoms with Crippen LogP contribution in [0.4, 0.5) is 0 Å². The molecule has 1 atom stereocenters. The fourth-order valence-corrected chi connectivity index (χ4v) is 2.09. The van der Waals surface area contributed by atoms with Crippen molar-refractivity contribution < 1.29 is 4.79 Å². The van der Waals surface area contributed by atoms with E-state index in [1.807, 2.05) is 6.92 Å². The summed E-state index contributed by atoms with van der Waals surface area (Å²) < 4.78 is 0. The van der Waals surface area contributed by atoms with Crippen LogP contribution in [-0.4, -0.2) is 49.6 Å². The lowest BCUT2D eigenvalue weighted by molar-refractivity contribution is -0.122. The summed E-state index contributed by atoms with van der Waals surface area (Å²) in [6, 6.07) is -0.194. The highest BCUT2D eigenvalue weighted by atomic mass is 16.2. The predicted molar refractivity (Wildman–Crippen MR) is 69.6 cm³/mol. The molecule has 1 aliphatic carbocycles. The molecule has 96 valence electrons. The molecule has 4 heteroatoms. The van der Waals surface area contributed by atoms with E-state index in [0.29, 0.717) is 6.54 Å². The van der Waals surface area contributed by atoms with Crippen LogP contribution in [0.15, 0.2) is 0 Å². The molecule has 1 unspecified atom stereocenters. The van der Waals surface area contributed by atoms with Gasteiger partial charge in [0.05, 0.1) is 12.6 Å². The van der Waals surface area contributed by atoms with Crippen molar-refractivity contribution in [1.29, 1.82) is 0 Å². The van der Waals surface area contributed by atoms with Gasteiger partial charge in [-0.25, -0.2) is 0 Å². The number of hydrogen-bond acceptors (Lipinski definition) is 3. The van der Waals surface area contributed by atoms with E-state index in [0.717, 1.165) is 6.54 Å². The van der Waals surface area contributed by atoms with Gasteiger partial charge in [-0.1, -0.05) is 5.92 Å². The molecule has 4 nitrogen and oxygen atoms in total. The molecular weight excluding hydrogens is 214 g/mol. The van der Waals surface area contributed by atoms with Crippen molar-refractivity contribution in [3.05, 3.63) is 0 Å². The second-order valence-electron chi connectivity index (χ2n) is 5.00. The summed E-state index contributed by atoms with van der Waals surface area (Å²) in [7, 11) is 4.20. The molecule has 17 heavy (non-hydrogen) atoms. The number of hydrogen-bond donors (Lipinski definition) is 2. The highest BCUT2D eigenvalue weighted by Crippen LogP contribution is 2.35. The maximum Gasteiger partial charge on any atom is 0.237 e. The van der Waals surface area contributed by atoms with Crippen LogP contribution in [0, 0.1) is 12.3 Å². The average Bonchev–Trinajstić information content (AvgIpc) is 2.23. The van der Waals surface area contributed by atoms with Gasteiger partial charge in [-0.2, -0.15) is 0 Å². The zero-order chi connectivity index (χ0) is 12.9. The number of rotatable bonds is 6. The molecule has 0 aliphatic heterocycles. The number of nitrogens with one attached hydrogen (secondary N) is 2. The summed E-state index contributed by atoms with van der Waals surface area (Å²) in [4.78, 5) is 13.9. The molecular formula is C13H23N3O. The minimum absolute atomic E-state index is 0.0313. The van der Waals surface area contributed by atoms with Gasteiger partial charge >= 0.3 is 0 Å². The summed E-state index contributed by atoms with van der Waals surface area (Å²) in [6.07, 6.45) is 8.77. The van der Waals surface area contributed by atoms with Crippen LogP contribution in [0.1, 0.15) is 26.2 Å². The molecule has 1 saturated carbocycles. The Morgan fingerprint density at radius 2 is 2.18 bits per heavy atom. The fraction of sp³-hybridized carbons (Fsp3) is 0.769. The third-order valence-corrected chi connectivity index (χ3v) is 3.73. The van der Waals surface area contributed by atoms with Crippen molar-refractivity contribution in [2.45, 2.75) is 37.8 Å². The zero-order valence-corrected chi connectivity index (χ0v) is 11.0. The Morgan fingerprint density at radius 3 is 2.59 bits per heavy atom. The first kappa shape index (κ1) is 14.0. The molecule has 0 spiro atoms. The topological polar surface area (TPSA) is 44.4 Å². The van der Waals surface area contributed by atoms with Gasteiger partial charge in [0.25, 0.3) is 0 Å². The van der Waals surface area contributed by atoms with E-state index in [4.69, 9.17) is 6.42 Å². The molecule has 0 heterocycles. The molecule has 0 aromatic rings. The van der Waals surface area contributed by atoms with Crippen molar-refractivity contribution in [2.24, 2.45) is 0 Å². The van der Waals surface area contributed by atoms with Crippen LogP contribution in [0.25, 0.3) is 0 Å². The van der Waals surface area contributed by atoms with Crippen molar-refractivity contribution in [1.82, 2.24) is 15.5 Å². The Balaban J connectivity index is 2.34. The Morgan fingerprint density at radius 1 is 1.53 bits per heavy atom. The van der Waals surface area contributed by atoms with E-state index < -0.39 is 0 Å². The Labute approximate surface area is 104 Å². The van der Waals surface area contributed by atoms with Crippen molar-refractivity contribution >= 4 is 5.91 Å². The van der Waals surface area contributed by atoms with Gasteiger partial charge in [-0.3, -0.25) is 4.79 Å². The maximum atomic E-state index is 11.6. The van der Waals surface area contributed by atoms with Gasteiger partial charge in [-0.15, -0.1) is 6.42 Å². The average molecular weight is 237 g/mol. The molecule has 1 rings (SSSR count). The zero-order valence-electron chi connectivity index (χ0n) is 11.0. The van der Waals surface area contributed by atoms with Crippen LogP contribution < -0.4 is 10.6 Å². The molecule has 1 amide bonds. The smallest absolute Gasteiger partial charge is 0.237 e. The quantitative estimate of drug-likeness (QED) is 0.649. The van der Waals surface area contributed by atoms with E-state index in [-0.39, 0.29) is 17.5 Å². The Bertz CT molecular complexity index is 302. The van der Waals surface area contributed by atoms with E-state index >= 15 is 0 Å². The van der Waals surface area contributed by atoms with Gasteiger partial charge < -0.3 is 15.5 Å². The van der Waals surface area contributed by atoms with Gasteiger partial charge in [-0.05, 0) is 40.3 Å². The second-order valence-corrected chi connectivity index (χ2v) is 5.00. The Kier molecular flexibility index (Phi) is 4.98. The first-order valence-corrected chi connectivity index (χ1v) is 6.14. The normalized spacial score (nSPS) is 19.2. The van der Waals surface area contributed by atoms with Crippen LogP contribution in [0.3, 0.4) is 0 Å². The molecule has 0 aromatic heterocycles. The number of amides is 1. The summed E-state index contributed by atoms with van der Waals surface area (Å²) in [5, 5.41) is 5.98. The SMILES string of the molecule is C#CCNC(=O)C(C)NCC1(N(C)C)CCC1. The van der Waals surface area contributed by atoms with Crippen LogP contribution in [-0.2, 0) is 4.79 Å². The highest BCUT2D eigenvalue weighted by molar-refractivity contribution is 5.81. The largest absolute Gasteiger partial charge is 0.344 e. The third-order valence-electron chi connectivity index (χ3n) is 3.73. The van der Waals surface area contributed by atoms with E-state index in [1.54, 1.807) is 0 Å². The van der Waals surface area contributed by atoms with Gasteiger partial charge in [0.15, 0.2) is 0 Å². The lowest BCUT2D eigenvalue weighted by Crippen LogP contribution is -2.58. The number of terminal acetylenes is 1. The van der Waals surface area contributed by atoms with Crippen LogP contribution in [0.2, 0.25) is 0 Å². The molecule has 0 radical (unpaired) electrons. The molecule has 2 N–H and O–H groups in total. The molecule has 1 aliphatic rings. The molecule has 0 aromatic carbocycles. The second kappa shape index (κ2) is 6.04. The minimum Gasteiger partial charge on any atom is -0.344 e. The van der Waals surface area contributed by atoms with Crippen LogP contribution in [0.5, 0.6) is 0 Å².